The van der Waals surface area contributed by atoms with E-state index < -0.39 is 0 Å². The first-order valence-electron chi connectivity index (χ1n) is 10.7. The second-order valence-corrected chi connectivity index (χ2v) is 9.52. The highest BCUT2D eigenvalue weighted by Gasteiger charge is 2.17. The number of rotatable bonds is 10. The molecule has 2 aromatic heterocycles. The van der Waals surface area contributed by atoms with Crippen LogP contribution in [0.2, 0.25) is 0 Å². The monoisotopic (exact) mass is 478 g/mol. The fraction of sp³-hybridized carbons (Fsp3) is 0.240. The van der Waals surface area contributed by atoms with E-state index in [1.807, 2.05) is 78.4 Å². The second kappa shape index (κ2) is 11.2. The minimum Gasteiger partial charge on any atom is -0.485 e. The fourth-order valence-corrected chi connectivity index (χ4v) is 4.96. The Morgan fingerprint density at radius 1 is 1.03 bits per heavy atom. The van der Waals surface area contributed by atoms with Crippen molar-refractivity contribution in [1.82, 2.24) is 20.1 Å². The van der Waals surface area contributed by atoms with Crippen molar-refractivity contribution in [2.75, 3.05) is 12.3 Å². The van der Waals surface area contributed by atoms with Gasteiger partial charge in [0.15, 0.2) is 11.0 Å². The summed E-state index contributed by atoms with van der Waals surface area (Å²) in [6.07, 6.45) is 0.841. The first-order valence-corrected chi connectivity index (χ1v) is 12.6. The summed E-state index contributed by atoms with van der Waals surface area (Å²) < 4.78 is 8.09. The smallest absolute Gasteiger partial charge is 0.230 e. The predicted molar refractivity (Wildman–Crippen MR) is 133 cm³/mol. The van der Waals surface area contributed by atoms with Crippen molar-refractivity contribution in [2.24, 2.45) is 0 Å². The predicted octanol–water partition coefficient (Wildman–Crippen LogP) is 4.98. The molecule has 0 saturated carbocycles. The van der Waals surface area contributed by atoms with Crippen molar-refractivity contribution >= 4 is 29.0 Å². The highest BCUT2D eigenvalue weighted by Crippen LogP contribution is 2.26. The third-order valence-corrected chi connectivity index (χ3v) is 6.94. The molecule has 0 aliphatic rings. The number of benzene rings is 2. The number of hydrogen-bond acceptors (Lipinski definition) is 6. The SMILES string of the molecule is Cc1cccc(C)c1OCc1nnc(SCC(=O)NCCc2cccs2)n1-c1ccccc1. The van der Waals surface area contributed by atoms with Gasteiger partial charge in [-0.05, 0) is 55.0 Å². The van der Waals surface area contributed by atoms with E-state index in [9.17, 15) is 4.79 Å². The van der Waals surface area contributed by atoms with Crippen LogP contribution in [0.15, 0.2) is 71.2 Å². The average Bonchev–Trinajstić information content (AvgIpc) is 3.48. The zero-order valence-electron chi connectivity index (χ0n) is 18.7. The maximum atomic E-state index is 12.4. The minimum absolute atomic E-state index is 0.0208. The Morgan fingerprint density at radius 3 is 2.55 bits per heavy atom. The van der Waals surface area contributed by atoms with Gasteiger partial charge in [0.05, 0.1) is 5.75 Å². The number of nitrogens with zero attached hydrogens (tertiary/aromatic N) is 3. The molecule has 4 aromatic rings. The lowest BCUT2D eigenvalue weighted by molar-refractivity contribution is -0.118. The van der Waals surface area contributed by atoms with E-state index in [2.05, 4.69) is 21.6 Å². The van der Waals surface area contributed by atoms with Crippen LogP contribution in [0.25, 0.3) is 5.69 Å². The number of thioether (sulfide) groups is 1. The van der Waals surface area contributed by atoms with E-state index in [4.69, 9.17) is 4.74 Å². The van der Waals surface area contributed by atoms with Gasteiger partial charge in [-0.2, -0.15) is 0 Å². The van der Waals surface area contributed by atoms with Gasteiger partial charge in [-0.3, -0.25) is 9.36 Å². The summed E-state index contributed by atoms with van der Waals surface area (Å²) in [6.45, 7) is 4.96. The topological polar surface area (TPSA) is 69.0 Å². The molecule has 1 amide bonds. The van der Waals surface area contributed by atoms with Crippen molar-refractivity contribution in [2.45, 2.75) is 32.0 Å². The maximum absolute atomic E-state index is 12.4. The summed E-state index contributed by atoms with van der Waals surface area (Å²) in [6, 6.07) is 20.1. The first kappa shape index (κ1) is 23.1. The summed E-state index contributed by atoms with van der Waals surface area (Å²) in [7, 11) is 0. The Bertz CT molecular complexity index is 1170. The van der Waals surface area contributed by atoms with Gasteiger partial charge in [0.1, 0.15) is 12.4 Å². The molecule has 0 atom stereocenters. The summed E-state index contributed by atoms with van der Waals surface area (Å²) >= 11 is 3.07. The highest BCUT2D eigenvalue weighted by atomic mass is 32.2. The summed E-state index contributed by atoms with van der Waals surface area (Å²) in [4.78, 5) is 13.6. The van der Waals surface area contributed by atoms with Crippen molar-refractivity contribution in [3.05, 3.63) is 87.9 Å². The number of ether oxygens (including phenoxy) is 1. The lowest BCUT2D eigenvalue weighted by atomic mass is 10.1. The molecule has 0 spiro atoms. The van der Waals surface area contributed by atoms with E-state index in [0.717, 1.165) is 29.0 Å². The van der Waals surface area contributed by atoms with Gasteiger partial charge in [-0.25, -0.2) is 0 Å². The van der Waals surface area contributed by atoms with Gasteiger partial charge in [0.25, 0.3) is 0 Å². The molecule has 0 aliphatic carbocycles. The van der Waals surface area contributed by atoms with Gasteiger partial charge in [-0.15, -0.1) is 21.5 Å². The van der Waals surface area contributed by atoms with Crippen LogP contribution < -0.4 is 10.1 Å². The molecule has 8 heteroatoms. The Hall–Kier alpha value is -3.10. The lowest BCUT2D eigenvalue weighted by Crippen LogP contribution is -2.27. The van der Waals surface area contributed by atoms with E-state index in [1.165, 1.54) is 16.6 Å². The molecular formula is C25H26N4O2S2. The number of aromatic nitrogens is 3. The molecule has 0 saturated heterocycles. The number of hydrogen-bond donors (Lipinski definition) is 1. The number of thiophene rings is 1. The lowest BCUT2D eigenvalue weighted by Gasteiger charge is -2.13. The Kier molecular flexibility index (Phi) is 7.80. The molecule has 0 unspecified atom stereocenters. The molecule has 2 heterocycles. The summed E-state index contributed by atoms with van der Waals surface area (Å²) in [5.41, 5.74) is 3.09. The molecular weight excluding hydrogens is 452 g/mol. The third kappa shape index (κ3) is 6.03. The number of para-hydroxylation sites is 2. The van der Waals surface area contributed by atoms with Crippen LogP contribution in [0, 0.1) is 13.8 Å². The molecule has 6 nitrogen and oxygen atoms in total. The van der Waals surface area contributed by atoms with Gasteiger partial charge >= 0.3 is 0 Å². The average molecular weight is 479 g/mol. The quantitative estimate of drug-likeness (QED) is 0.326. The summed E-state index contributed by atoms with van der Waals surface area (Å²) in [5, 5.41) is 14.4. The number of nitrogens with one attached hydrogen (secondary N) is 1. The van der Waals surface area contributed by atoms with Crippen LogP contribution in [-0.2, 0) is 17.8 Å². The fourth-order valence-electron chi connectivity index (χ4n) is 3.45. The van der Waals surface area contributed by atoms with E-state index in [0.29, 0.717) is 17.5 Å². The van der Waals surface area contributed by atoms with Crippen molar-refractivity contribution in [1.29, 1.82) is 0 Å². The molecule has 2 aromatic carbocycles. The molecule has 0 aliphatic heterocycles. The molecule has 170 valence electrons. The normalized spacial score (nSPS) is 10.8. The van der Waals surface area contributed by atoms with Crippen LogP contribution in [0.5, 0.6) is 5.75 Å². The van der Waals surface area contributed by atoms with Crippen molar-refractivity contribution < 1.29 is 9.53 Å². The van der Waals surface area contributed by atoms with E-state index in [1.54, 1.807) is 11.3 Å². The Labute approximate surface area is 202 Å². The Balaban J connectivity index is 1.44. The molecule has 33 heavy (non-hydrogen) atoms. The number of aryl methyl sites for hydroxylation is 2. The molecule has 0 bridgehead atoms. The second-order valence-electron chi connectivity index (χ2n) is 7.55. The molecule has 4 rings (SSSR count). The maximum Gasteiger partial charge on any atom is 0.230 e. The highest BCUT2D eigenvalue weighted by molar-refractivity contribution is 7.99. The number of carbonyl (C=O) groups is 1. The zero-order chi connectivity index (χ0) is 23.0. The molecule has 0 radical (unpaired) electrons. The summed E-state index contributed by atoms with van der Waals surface area (Å²) in [5.74, 6) is 1.80. The zero-order valence-corrected chi connectivity index (χ0v) is 20.3. The number of carbonyl (C=O) groups excluding carboxylic acids is 1. The van der Waals surface area contributed by atoms with Gasteiger partial charge in [-0.1, -0.05) is 54.2 Å². The standard InChI is InChI=1S/C25H26N4O2S2/c1-18-8-6-9-19(2)24(18)31-16-22-27-28-25(29(22)20-10-4-3-5-11-20)33-17-23(30)26-14-13-21-12-7-15-32-21/h3-12,15H,13-14,16-17H2,1-2H3,(H,26,30). The first-order chi connectivity index (χ1) is 16.1. The van der Waals surface area contributed by atoms with Crippen molar-refractivity contribution in [3.8, 4) is 11.4 Å². The Morgan fingerprint density at radius 2 is 1.82 bits per heavy atom. The van der Waals surface area contributed by atoms with Crippen LogP contribution in [0.4, 0.5) is 0 Å². The van der Waals surface area contributed by atoms with Crippen LogP contribution in [0.3, 0.4) is 0 Å². The van der Waals surface area contributed by atoms with Crippen LogP contribution in [-0.4, -0.2) is 33.0 Å². The van der Waals surface area contributed by atoms with Gasteiger partial charge in [0, 0.05) is 17.1 Å². The van der Waals surface area contributed by atoms with Gasteiger partial charge < -0.3 is 10.1 Å². The minimum atomic E-state index is -0.0208. The molecule has 0 fully saturated rings. The number of amides is 1. The van der Waals surface area contributed by atoms with Crippen molar-refractivity contribution in [3.63, 3.8) is 0 Å². The van der Waals surface area contributed by atoms with Gasteiger partial charge in [0.2, 0.25) is 5.91 Å². The van der Waals surface area contributed by atoms with E-state index in [-0.39, 0.29) is 18.3 Å². The van der Waals surface area contributed by atoms with Crippen LogP contribution >= 0.6 is 23.1 Å². The van der Waals surface area contributed by atoms with Crippen LogP contribution in [0.1, 0.15) is 21.8 Å². The molecule has 1 N–H and O–H groups in total. The van der Waals surface area contributed by atoms with E-state index >= 15 is 0 Å². The largest absolute Gasteiger partial charge is 0.485 e. The third-order valence-electron chi connectivity index (χ3n) is 5.08.